The Balaban J connectivity index is 2.48. The van der Waals surface area contributed by atoms with Crippen LogP contribution in [0.1, 0.15) is 5.56 Å². The third-order valence-corrected chi connectivity index (χ3v) is 2.12. The summed E-state index contributed by atoms with van der Waals surface area (Å²) in [5, 5.41) is 0. The Hall–Kier alpha value is -1.70. The van der Waals surface area contributed by atoms with Crippen molar-refractivity contribution in [2.24, 2.45) is 0 Å². The zero-order valence-electron chi connectivity index (χ0n) is 7.87. The van der Waals surface area contributed by atoms with E-state index in [1.165, 1.54) is 0 Å². The first-order valence-corrected chi connectivity index (χ1v) is 4.45. The predicted octanol–water partition coefficient (Wildman–Crippen LogP) is 3.20. The number of hydrogen-bond acceptors (Lipinski definition) is 1. The number of benzene rings is 1. The molecule has 1 nitrogen and oxygen atoms in total. The molecule has 2 aromatic rings. The SMILES string of the molecule is Cc1cc(-c2ccccc2)cnc1F. The van der Waals surface area contributed by atoms with Crippen molar-refractivity contribution in [3.05, 3.63) is 54.1 Å². The highest BCUT2D eigenvalue weighted by Gasteiger charge is 2.01. The fraction of sp³-hybridized carbons (Fsp3) is 0.0833. The van der Waals surface area contributed by atoms with Gasteiger partial charge in [-0.1, -0.05) is 30.3 Å². The fourth-order valence-electron chi connectivity index (χ4n) is 1.35. The normalized spacial score (nSPS) is 10.1. The fourth-order valence-corrected chi connectivity index (χ4v) is 1.35. The maximum Gasteiger partial charge on any atom is 0.215 e. The van der Waals surface area contributed by atoms with Gasteiger partial charge in [-0.05, 0) is 18.6 Å². The van der Waals surface area contributed by atoms with Crippen LogP contribution in [-0.2, 0) is 0 Å². The minimum Gasteiger partial charge on any atom is -0.227 e. The molecule has 1 heterocycles. The summed E-state index contributed by atoms with van der Waals surface area (Å²) in [7, 11) is 0. The lowest BCUT2D eigenvalue weighted by molar-refractivity contribution is 0.575. The van der Waals surface area contributed by atoms with Crippen molar-refractivity contribution in [3.63, 3.8) is 0 Å². The lowest BCUT2D eigenvalue weighted by Gasteiger charge is -2.02. The van der Waals surface area contributed by atoms with Crippen molar-refractivity contribution in [3.8, 4) is 11.1 Å². The number of hydrogen-bond donors (Lipinski definition) is 0. The van der Waals surface area contributed by atoms with Crippen molar-refractivity contribution in [1.82, 2.24) is 4.98 Å². The van der Waals surface area contributed by atoms with Crippen molar-refractivity contribution < 1.29 is 4.39 Å². The molecule has 14 heavy (non-hydrogen) atoms. The van der Waals surface area contributed by atoms with E-state index in [0.717, 1.165) is 11.1 Å². The van der Waals surface area contributed by atoms with Crippen molar-refractivity contribution in [1.29, 1.82) is 0 Å². The van der Waals surface area contributed by atoms with Crippen LogP contribution in [0.15, 0.2) is 42.6 Å². The van der Waals surface area contributed by atoms with E-state index >= 15 is 0 Å². The second kappa shape index (κ2) is 3.58. The zero-order valence-corrected chi connectivity index (χ0v) is 7.87. The molecule has 2 heteroatoms. The van der Waals surface area contributed by atoms with Crippen LogP contribution >= 0.6 is 0 Å². The molecule has 0 aliphatic carbocycles. The first-order chi connectivity index (χ1) is 6.77. The maximum atomic E-state index is 12.9. The maximum absolute atomic E-state index is 12.9. The van der Waals surface area contributed by atoms with Gasteiger partial charge in [0.05, 0.1) is 0 Å². The highest BCUT2D eigenvalue weighted by atomic mass is 19.1. The minimum absolute atomic E-state index is 0.398. The van der Waals surface area contributed by atoms with Gasteiger partial charge >= 0.3 is 0 Å². The molecule has 0 spiro atoms. The molecule has 70 valence electrons. The van der Waals surface area contributed by atoms with E-state index in [1.54, 1.807) is 19.2 Å². The molecule has 0 saturated carbocycles. The van der Waals surface area contributed by atoms with Gasteiger partial charge in [-0.2, -0.15) is 4.39 Å². The lowest BCUT2D eigenvalue weighted by atomic mass is 10.1. The first-order valence-electron chi connectivity index (χ1n) is 4.45. The van der Waals surface area contributed by atoms with Crippen LogP contribution in [-0.4, -0.2) is 4.98 Å². The Labute approximate surface area is 82.2 Å². The number of nitrogens with zero attached hydrogens (tertiary/aromatic N) is 1. The van der Waals surface area contributed by atoms with Crippen LogP contribution < -0.4 is 0 Å². The molecule has 2 rings (SSSR count). The van der Waals surface area contributed by atoms with Gasteiger partial charge in [0.25, 0.3) is 0 Å². The van der Waals surface area contributed by atoms with Crippen molar-refractivity contribution in [2.45, 2.75) is 6.92 Å². The first kappa shape index (κ1) is 8.88. The molecule has 0 amide bonds. The van der Waals surface area contributed by atoms with Gasteiger partial charge in [0.1, 0.15) is 0 Å². The van der Waals surface area contributed by atoms with Crippen LogP contribution in [0.3, 0.4) is 0 Å². The standard InChI is InChI=1S/C12H10FN/c1-9-7-11(8-14-12(9)13)10-5-3-2-4-6-10/h2-8H,1H3. The Morgan fingerprint density at radius 2 is 1.79 bits per heavy atom. The Morgan fingerprint density at radius 1 is 1.07 bits per heavy atom. The molecule has 0 atom stereocenters. The largest absolute Gasteiger partial charge is 0.227 e. The number of aryl methyl sites for hydroxylation is 1. The van der Waals surface area contributed by atoms with Gasteiger partial charge in [-0.15, -0.1) is 0 Å². The number of aromatic nitrogens is 1. The van der Waals surface area contributed by atoms with E-state index in [4.69, 9.17) is 0 Å². The quantitative estimate of drug-likeness (QED) is 0.625. The van der Waals surface area contributed by atoms with Crippen LogP contribution in [0.25, 0.3) is 11.1 Å². The Kier molecular flexibility index (Phi) is 2.27. The Morgan fingerprint density at radius 3 is 2.43 bits per heavy atom. The molecular formula is C12H10FN. The summed E-state index contributed by atoms with van der Waals surface area (Å²) in [6.07, 6.45) is 1.55. The number of halogens is 1. The average Bonchev–Trinajstić information content (AvgIpc) is 2.23. The highest BCUT2D eigenvalue weighted by Crippen LogP contribution is 2.19. The van der Waals surface area contributed by atoms with Crippen molar-refractivity contribution in [2.75, 3.05) is 0 Å². The van der Waals surface area contributed by atoms with E-state index in [0.29, 0.717) is 5.56 Å². The third kappa shape index (κ3) is 1.64. The van der Waals surface area contributed by atoms with Gasteiger partial charge in [0.2, 0.25) is 5.95 Å². The molecule has 0 aliphatic heterocycles. The van der Waals surface area contributed by atoms with Gasteiger partial charge in [0, 0.05) is 17.3 Å². The molecular weight excluding hydrogens is 177 g/mol. The van der Waals surface area contributed by atoms with E-state index in [2.05, 4.69) is 4.98 Å². The summed E-state index contributed by atoms with van der Waals surface area (Å²) in [4.78, 5) is 3.69. The summed E-state index contributed by atoms with van der Waals surface area (Å²) in [6.45, 7) is 1.72. The summed E-state index contributed by atoms with van der Waals surface area (Å²) >= 11 is 0. The summed E-state index contributed by atoms with van der Waals surface area (Å²) in [6, 6.07) is 11.6. The molecule has 0 bridgehead atoms. The van der Waals surface area contributed by atoms with Gasteiger partial charge in [-0.3, -0.25) is 0 Å². The molecule has 0 radical (unpaired) electrons. The van der Waals surface area contributed by atoms with Crippen LogP contribution in [0.4, 0.5) is 4.39 Å². The Bertz CT molecular complexity index is 437. The second-order valence-electron chi connectivity index (χ2n) is 3.20. The van der Waals surface area contributed by atoms with Crippen LogP contribution in [0, 0.1) is 12.9 Å². The van der Waals surface area contributed by atoms with Crippen LogP contribution in [0.5, 0.6) is 0 Å². The zero-order chi connectivity index (χ0) is 9.97. The topological polar surface area (TPSA) is 12.9 Å². The summed E-state index contributed by atoms with van der Waals surface area (Å²) in [5.74, 6) is -0.398. The molecule has 0 N–H and O–H groups in total. The smallest absolute Gasteiger partial charge is 0.215 e. The third-order valence-electron chi connectivity index (χ3n) is 2.12. The molecule has 0 fully saturated rings. The number of rotatable bonds is 1. The minimum atomic E-state index is -0.398. The van der Waals surface area contributed by atoms with E-state index < -0.39 is 5.95 Å². The number of pyridine rings is 1. The molecule has 0 unspecified atom stereocenters. The second-order valence-corrected chi connectivity index (χ2v) is 3.20. The van der Waals surface area contributed by atoms with Crippen LogP contribution in [0.2, 0.25) is 0 Å². The summed E-state index contributed by atoms with van der Waals surface area (Å²) in [5.41, 5.74) is 2.58. The molecule has 0 saturated heterocycles. The van der Waals surface area contributed by atoms with E-state index in [1.807, 2.05) is 30.3 Å². The van der Waals surface area contributed by atoms with Gasteiger partial charge in [0.15, 0.2) is 0 Å². The average molecular weight is 187 g/mol. The van der Waals surface area contributed by atoms with Crippen molar-refractivity contribution >= 4 is 0 Å². The summed E-state index contributed by atoms with van der Waals surface area (Å²) < 4.78 is 12.9. The molecule has 0 aliphatic rings. The van der Waals surface area contributed by atoms with Gasteiger partial charge in [-0.25, -0.2) is 4.98 Å². The van der Waals surface area contributed by atoms with E-state index in [-0.39, 0.29) is 0 Å². The monoisotopic (exact) mass is 187 g/mol. The molecule has 1 aromatic heterocycles. The molecule has 1 aromatic carbocycles. The van der Waals surface area contributed by atoms with E-state index in [9.17, 15) is 4.39 Å². The van der Waals surface area contributed by atoms with Gasteiger partial charge < -0.3 is 0 Å². The highest BCUT2D eigenvalue weighted by molar-refractivity contribution is 5.62. The lowest BCUT2D eigenvalue weighted by Crippen LogP contribution is -1.88. The predicted molar refractivity (Wildman–Crippen MR) is 54.4 cm³/mol.